The third-order valence-electron chi connectivity index (χ3n) is 5.41. The van der Waals surface area contributed by atoms with Gasteiger partial charge in [-0.2, -0.15) is 8.78 Å². The molecule has 0 N–H and O–H groups in total. The van der Waals surface area contributed by atoms with E-state index in [1.54, 1.807) is 11.0 Å². The number of hydrogen-bond acceptors (Lipinski definition) is 5. The van der Waals surface area contributed by atoms with Crippen LogP contribution in [0.5, 0.6) is 0 Å². The first-order valence-corrected chi connectivity index (χ1v) is 10.7. The van der Waals surface area contributed by atoms with Crippen LogP contribution in [0.2, 0.25) is 0 Å². The Morgan fingerprint density at radius 2 is 1.80 bits per heavy atom. The van der Waals surface area contributed by atoms with Crippen molar-refractivity contribution in [2.24, 2.45) is 0 Å². The van der Waals surface area contributed by atoms with Crippen LogP contribution in [0, 0.1) is 0 Å². The second kappa shape index (κ2) is 9.09. The summed E-state index contributed by atoms with van der Waals surface area (Å²) >= 11 is 0.282. The molecule has 0 spiro atoms. The highest BCUT2D eigenvalue weighted by molar-refractivity contribution is 7.99. The summed E-state index contributed by atoms with van der Waals surface area (Å²) in [5, 5.41) is 0.0443. The van der Waals surface area contributed by atoms with Crippen molar-refractivity contribution < 1.29 is 18.4 Å². The van der Waals surface area contributed by atoms with Gasteiger partial charge in [0.05, 0.1) is 12.1 Å². The molecule has 0 aliphatic carbocycles. The molecule has 6 nitrogen and oxygen atoms in total. The normalized spacial score (nSPS) is 16.8. The highest BCUT2D eigenvalue weighted by Crippen LogP contribution is 2.28. The number of carbonyl (C=O) groups excluding carboxylic acids is 2. The monoisotopic (exact) mass is 432 g/mol. The lowest BCUT2D eigenvalue weighted by atomic mass is 10.2. The van der Waals surface area contributed by atoms with Crippen molar-refractivity contribution in [3.8, 4) is 0 Å². The summed E-state index contributed by atoms with van der Waals surface area (Å²) in [4.78, 5) is 35.0. The summed E-state index contributed by atoms with van der Waals surface area (Å²) in [5.74, 6) is -2.88. The van der Waals surface area contributed by atoms with Crippen LogP contribution in [0.25, 0.3) is 0 Å². The van der Waals surface area contributed by atoms with Gasteiger partial charge in [0.2, 0.25) is 5.91 Å². The summed E-state index contributed by atoms with van der Waals surface area (Å²) in [5.41, 5.74) is 2.37. The molecule has 9 heteroatoms. The number of aromatic nitrogens is 1. The van der Waals surface area contributed by atoms with E-state index in [1.807, 2.05) is 34.1 Å². The molecule has 2 amide bonds. The van der Waals surface area contributed by atoms with Crippen LogP contribution in [0.1, 0.15) is 15.9 Å². The summed E-state index contributed by atoms with van der Waals surface area (Å²) < 4.78 is 25.5. The number of para-hydroxylation sites is 1. The van der Waals surface area contributed by atoms with Crippen molar-refractivity contribution in [1.82, 2.24) is 14.8 Å². The Balaban J connectivity index is 1.33. The van der Waals surface area contributed by atoms with Crippen molar-refractivity contribution in [3.05, 3.63) is 53.7 Å². The fraction of sp³-hybridized carbons (Fsp3) is 0.381. The Kier molecular flexibility index (Phi) is 6.29. The number of hydrogen-bond donors (Lipinski definition) is 0. The molecule has 1 fully saturated rings. The van der Waals surface area contributed by atoms with Crippen LogP contribution in [0.3, 0.4) is 0 Å². The summed E-state index contributed by atoms with van der Waals surface area (Å²) in [6, 6.07) is 11.0. The lowest BCUT2D eigenvalue weighted by Crippen LogP contribution is -2.51. The number of piperazine rings is 1. The summed E-state index contributed by atoms with van der Waals surface area (Å²) in [6.07, 6.45) is 2.27. The number of benzene rings is 1. The fourth-order valence-corrected chi connectivity index (χ4v) is 4.46. The maximum atomic E-state index is 12.8. The van der Waals surface area contributed by atoms with Crippen molar-refractivity contribution in [3.63, 3.8) is 0 Å². The number of anilines is 1. The van der Waals surface area contributed by atoms with E-state index in [0.717, 1.165) is 12.1 Å². The molecule has 0 saturated carbocycles. The molecule has 158 valence electrons. The first-order valence-electron chi connectivity index (χ1n) is 9.82. The molecule has 1 aromatic heterocycles. The highest BCUT2D eigenvalue weighted by atomic mass is 32.2. The average molecular weight is 432 g/mol. The van der Waals surface area contributed by atoms with E-state index in [2.05, 4.69) is 4.98 Å². The minimum atomic E-state index is -2.63. The molecule has 30 heavy (non-hydrogen) atoms. The molecular formula is C21H22F2N4O2S. The van der Waals surface area contributed by atoms with E-state index in [4.69, 9.17) is 0 Å². The first kappa shape index (κ1) is 20.7. The van der Waals surface area contributed by atoms with Gasteiger partial charge in [0, 0.05) is 44.6 Å². The Hall–Kier alpha value is -2.52. The molecule has 1 saturated heterocycles. The van der Waals surface area contributed by atoms with Crippen molar-refractivity contribution in [2.45, 2.75) is 17.2 Å². The smallest absolute Gasteiger partial charge is 0.290 e. The van der Waals surface area contributed by atoms with Gasteiger partial charge in [0.25, 0.3) is 11.7 Å². The minimum Gasteiger partial charge on any atom is -0.336 e. The predicted molar refractivity (Wildman–Crippen MR) is 111 cm³/mol. The Morgan fingerprint density at radius 3 is 2.57 bits per heavy atom. The van der Waals surface area contributed by atoms with Gasteiger partial charge in [-0.15, -0.1) is 0 Å². The van der Waals surface area contributed by atoms with Gasteiger partial charge < -0.3 is 9.80 Å². The van der Waals surface area contributed by atoms with Crippen molar-refractivity contribution in [1.29, 1.82) is 0 Å². The number of halogens is 2. The molecule has 2 aliphatic rings. The van der Waals surface area contributed by atoms with Crippen LogP contribution in [0.4, 0.5) is 14.5 Å². The van der Waals surface area contributed by atoms with Gasteiger partial charge in [-0.1, -0.05) is 18.2 Å². The number of amides is 2. The quantitative estimate of drug-likeness (QED) is 0.680. The van der Waals surface area contributed by atoms with Crippen LogP contribution >= 0.6 is 11.8 Å². The topological polar surface area (TPSA) is 56.8 Å². The predicted octanol–water partition coefficient (Wildman–Crippen LogP) is 2.74. The molecular weight excluding hydrogens is 410 g/mol. The maximum absolute atomic E-state index is 12.8. The second-order valence-electron chi connectivity index (χ2n) is 7.23. The van der Waals surface area contributed by atoms with Crippen LogP contribution < -0.4 is 4.90 Å². The molecule has 0 bridgehead atoms. The van der Waals surface area contributed by atoms with E-state index in [0.29, 0.717) is 39.3 Å². The van der Waals surface area contributed by atoms with E-state index in [-0.39, 0.29) is 34.2 Å². The number of rotatable bonds is 5. The van der Waals surface area contributed by atoms with E-state index >= 15 is 0 Å². The average Bonchev–Trinajstić information content (AvgIpc) is 3.18. The van der Waals surface area contributed by atoms with Gasteiger partial charge in [0.15, 0.2) is 0 Å². The van der Waals surface area contributed by atoms with Crippen LogP contribution in [-0.2, 0) is 11.2 Å². The molecule has 4 rings (SSSR count). The number of thioether (sulfide) groups is 1. The summed E-state index contributed by atoms with van der Waals surface area (Å²) in [7, 11) is 0. The van der Waals surface area contributed by atoms with Crippen LogP contribution in [-0.4, -0.2) is 71.6 Å². The third kappa shape index (κ3) is 4.46. The SMILES string of the molecule is O=C(c1cccnc1SC(F)F)N1CCN(CC(=O)N2CCc3ccccc32)CC1. The zero-order valence-electron chi connectivity index (χ0n) is 16.3. The number of pyridine rings is 1. The Bertz CT molecular complexity index is 935. The maximum Gasteiger partial charge on any atom is 0.290 e. The highest BCUT2D eigenvalue weighted by Gasteiger charge is 2.29. The number of fused-ring (bicyclic) bond motifs is 1. The van der Waals surface area contributed by atoms with E-state index in [1.165, 1.54) is 17.8 Å². The van der Waals surface area contributed by atoms with Gasteiger partial charge in [-0.3, -0.25) is 14.5 Å². The number of carbonyl (C=O) groups is 2. The Morgan fingerprint density at radius 1 is 1.03 bits per heavy atom. The molecule has 1 aromatic carbocycles. The van der Waals surface area contributed by atoms with Crippen LogP contribution in [0.15, 0.2) is 47.6 Å². The van der Waals surface area contributed by atoms with Gasteiger partial charge in [0.1, 0.15) is 5.03 Å². The molecule has 0 unspecified atom stereocenters. The van der Waals surface area contributed by atoms with Crippen molar-refractivity contribution in [2.75, 3.05) is 44.2 Å². The molecule has 0 atom stereocenters. The zero-order chi connectivity index (χ0) is 21.1. The van der Waals surface area contributed by atoms with Crippen molar-refractivity contribution >= 4 is 29.3 Å². The first-order chi connectivity index (χ1) is 14.5. The van der Waals surface area contributed by atoms with Gasteiger partial charge >= 0.3 is 0 Å². The van der Waals surface area contributed by atoms with Gasteiger partial charge in [-0.25, -0.2) is 4.98 Å². The molecule has 2 aromatic rings. The summed E-state index contributed by atoms with van der Waals surface area (Å²) in [6.45, 7) is 3.00. The standard InChI is InChI=1S/C21H22F2N4O2S/c22-21(23)30-19-16(5-3-8-24-19)20(29)26-12-10-25(11-13-26)14-18(28)27-9-7-15-4-1-2-6-17(15)27/h1-6,8,21H,7,9-14H2. The van der Waals surface area contributed by atoms with E-state index < -0.39 is 5.76 Å². The molecule has 0 radical (unpaired) electrons. The minimum absolute atomic E-state index is 0.0443. The zero-order valence-corrected chi connectivity index (χ0v) is 17.2. The number of alkyl halides is 2. The fourth-order valence-electron chi connectivity index (χ4n) is 3.89. The van der Waals surface area contributed by atoms with Gasteiger partial charge in [-0.05, 0) is 41.9 Å². The third-order valence-corrected chi connectivity index (χ3v) is 6.14. The Labute approximate surface area is 177 Å². The second-order valence-corrected chi connectivity index (χ2v) is 8.21. The number of nitrogens with zero attached hydrogens (tertiary/aromatic N) is 4. The lowest BCUT2D eigenvalue weighted by molar-refractivity contribution is -0.120. The molecule has 3 heterocycles. The lowest BCUT2D eigenvalue weighted by Gasteiger charge is -2.35. The molecule has 2 aliphatic heterocycles. The largest absolute Gasteiger partial charge is 0.336 e. The van der Waals surface area contributed by atoms with E-state index in [9.17, 15) is 18.4 Å².